The molecule has 0 unspecified atom stereocenters. The number of rotatable bonds is 2. The zero-order valence-electron chi connectivity index (χ0n) is 15.0. The summed E-state index contributed by atoms with van der Waals surface area (Å²) in [7, 11) is 2.24. The van der Waals surface area contributed by atoms with Crippen LogP contribution in [0.2, 0.25) is 0 Å². The third-order valence-corrected chi connectivity index (χ3v) is 5.60. The Morgan fingerprint density at radius 3 is 2.62 bits per heavy atom. The Balaban J connectivity index is 0.00000121. The highest BCUT2D eigenvalue weighted by Crippen LogP contribution is 2.45. The van der Waals surface area contributed by atoms with Crippen LogP contribution in [0.5, 0.6) is 0 Å². The van der Waals surface area contributed by atoms with Gasteiger partial charge in [-0.1, -0.05) is 24.3 Å². The van der Waals surface area contributed by atoms with Crippen molar-refractivity contribution in [3.8, 4) is 6.07 Å². The molecule has 0 radical (unpaired) electrons. The Bertz CT molecular complexity index is 804. The molecule has 6 heteroatoms. The van der Waals surface area contributed by atoms with E-state index in [1.165, 1.54) is 11.1 Å². The van der Waals surface area contributed by atoms with Gasteiger partial charge < -0.3 is 4.90 Å². The molecule has 0 aliphatic carbocycles. The lowest BCUT2D eigenvalue weighted by Crippen LogP contribution is -2.29. The highest BCUT2D eigenvalue weighted by molar-refractivity contribution is 5.85. The van der Waals surface area contributed by atoms with E-state index >= 15 is 0 Å². The summed E-state index contributed by atoms with van der Waals surface area (Å²) in [4.78, 5) is 9.36. The number of hydrogen-bond donors (Lipinski definition) is 0. The maximum atomic E-state index is 9.12. The zero-order valence-corrected chi connectivity index (χ0v) is 16.6. The summed E-state index contributed by atoms with van der Waals surface area (Å²) in [5.41, 5.74) is 3.51. The van der Waals surface area contributed by atoms with Gasteiger partial charge in [-0.15, -0.1) is 24.8 Å². The van der Waals surface area contributed by atoms with E-state index in [9.17, 15) is 0 Å². The maximum Gasteiger partial charge on any atom is 0.129 e. The number of nitriles is 1. The molecule has 3 heterocycles. The number of halogens is 2. The average Bonchev–Trinajstić information content (AvgIpc) is 3.12. The van der Waals surface area contributed by atoms with Crippen LogP contribution >= 0.6 is 24.8 Å². The van der Waals surface area contributed by atoms with Crippen molar-refractivity contribution < 1.29 is 0 Å². The summed E-state index contributed by atoms with van der Waals surface area (Å²) in [6, 6.07) is 15.1. The number of anilines is 1. The lowest BCUT2D eigenvalue weighted by Gasteiger charge is -2.28. The van der Waals surface area contributed by atoms with Gasteiger partial charge in [0.1, 0.15) is 5.82 Å². The topological polar surface area (TPSA) is 43.2 Å². The van der Waals surface area contributed by atoms with E-state index in [4.69, 9.17) is 5.26 Å². The number of likely N-dealkylation sites (tertiary alicyclic amines) is 1. The molecule has 3 atom stereocenters. The van der Waals surface area contributed by atoms with Crippen molar-refractivity contribution in [2.24, 2.45) is 11.8 Å². The highest BCUT2D eigenvalue weighted by Gasteiger charge is 2.46. The molecule has 0 saturated carbocycles. The number of aryl methyl sites for hydroxylation is 1. The predicted octanol–water partition coefficient (Wildman–Crippen LogP) is 3.84. The summed E-state index contributed by atoms with van der Waals surface area (Å²) in [6.45, 7) is 5.37. The first-order valence-corrected chi connectivity index (χ1v) is 8.54. The SMILES string of the molecule is Cc1ccccc1[C@@H]1[C@@H]2CN(c3cc(C#N)ccn3)C[C@@H]2CN1C.Cl.Cl. The van der Waals surface area contributed by atoms with Gasteiger partial charge in [0.15, 0.2) is 0 Å². The van der Waals surface area contributed by atoms with Crippen LogP contribution in [0.1, 0.15) is 22.7 Å². The lowest BCUT2D eigenvalue weighted by atomic mass is 9.88. The Morgan fingerprint density at radius 2 is 1.88 bits per heavy atom. The van der Waals surface area contributed by atoms with Gasteiger partial charge in [0.05, 0.1) is 11.6 Å². The van der Waals surface area contributed by atoms with Crippen LogP contribution in [0.4, 0.5) is 5.82 Å². The minimum atomic E-state index is 0. The zero-order chi connectivity index (χ0) is 16.7. The summed E-state index contributed by atoms with van der Waals surface area (Å²) in [5, 5.41) is 9.12. The van der Waals surface area contributed by atoms with Crippen LogP contribution in [-0.4, -0.2) is 36.6 Å². The molecule has 2 saturated heterocycles. The van der Waals surface area contributed by atoms with Gasteiger partial charge in [0, 0.05) is 37.8 Å². The molecule has 0 bridgehead atoms. The van der Waals surface area contributed by atoms with E-state index in [1.807, 2.05) is 6.07 Å². The number of benzene rings is 1. The monoisotopic (exact) mass is 390 g/mol. The van der Waals surface area contributed by atoms with Crippen molar-refractivity contribution in [2.45, 2.75) is 13.0 Å². The first kappa shape index (κ1) is 20.5. The molecule has 1 aromatic carbocycles. The van der Waals surface area contributed by atoms with Gasteiger partial charge in [-0.3, -0.25) is 4.90 Å². The normalized spacial score (nSPS) is 24.3. The van der Waals surface area contributed by atoms with Crippen LogP contribution in [0.3, 0.4) is 0 Å². The Hall–Kier alpha value is -1.80. The second-order valence-corrected chi connectivity index (χ2v) is 7.08. The largest absolute Gasteiger partial charge is 0.356 e. The van der Waals surface area contributed by atoms with Crippen LogP contribution in [0.25, 0.3) is 0 Å². The fourth-order valence-corrected chi connectivity index (χ4v) is 4.49. The molecule has 4 nitrogen and oxygen atoms in total. The first-order valence-electron chi connectivity index (χ1n) is 8.54. The van der Waals surface area contributed by atoms with Crippen molar-refractivity contribution in [1.82, 2.24) is 9.88 Å². The minimum absolute atomic E-state index is 0. The smallest absolute Gasteiger partial charge is 0.129 e. The Labute approximate surface area is 167 Å². The van der Waals surface area contributed by atoms with Crippen molar-refractivity contribution in [2.75, 3.05) is 31.6 Å². The third kappa shape index (κ3) is 3.53. The number of nitrogens with zero attached hydrogens (tertiary/aromatic N) is 4. The third-order valence-electron chi connectivity index (χ3n) is 5.60. The second-order valence-electron chi connectivity index (χ2n) is 7.08. The van der Waals surface area contributed by atoms with E-state index in [0.717, 1.165) is 25.5 Å². The van der Waals surface area contributed by atoms with Crippen LogP contribution in [-0.2, 0) is 0 Å². The quantitative estimate of drug-likeness (QED) is 0.780. The van der Waals surface area contributed by atoms with Crippen molar-refractivity contribution in [3.05, 3.63) is 59.3 Å². The molecule has 4 rings (SSSR count). The van der Waals surface area contributed by atoms with Gasteiger partial charge in [-0.05, 0) is 43.1 Å². The molecule has 138 valence electrons. The summed E-state index contributed by atoms with van der Waals surface area (Å²) in [5.74, 6) is 2.21. The second kappa shape index (κ2) is 8.26. The molecule has 0 N–H and O–H groups in total. The fourth-order valence-electron chi connectivity index (χ4n) is 4.49. The number of hydrogen-bond acceptors (Lipinski definition) is 4. The molecule has 26 heavy (non-hydrogen) atoms. The molecule has 2 fully saturated rings. The molecule has 2 aliphatic rings. The van der Waals surface area contributed by atoms with E-state index in [1.54, 1.807) is 12.3 Å². The lowest BCUT2D eigenvalue weighted by molar-refractivity contribution is 0.279. The molecule has 0 amide bonds. The van der Waals surface area contributed by atoms with Crippen LogP contribution < -0.4 is 4.90 Å². The average molecular weight is 391 g/mol. The molecule has 0 spiro atoms. The van der Waals surface area contributed by atoms with E-state index < -0.39 is 0 Å². The Kier molecular flexibility index (Phi) is 6.52. The molecule has 2 aromatic rings. The van der Waals surface area contributed by atoms with Gasteiger partial charge >= 0.3 is 0 Å². The standard InChI is InChI=1S/C20H22N4.2ClH/c1-14-5-3-4-6-17(14)20-18-13-24(12-16(18)11-23(20)2)19-9-15(10-21)7-8-22-19;;/h3-9,16,18,20H,11-13H2,1-2H3;2*1H/t16-,18+,20+;;/m0../s1. The molecule has 2 aliphatic heterocycles. The summed E-state index contributed by atoms with van der Waals surface area (Å²) >= 11 is 0. The van der Waals surface area contributed by atoms with Crippen LogP contribution in [0.15, 0.2) is 42.6 Å². The predicted molar refractivity (Wildman–Crippen MR) is 109 cm³/mol. The van der Waals surface area contributed by atoms with Gasteiger partial charge in [-0.2, -0.15) is 5.26 Å². The minimum Gasteiger partial charge on any atom is -0.356 e. The van der Waals surface area contributed by atoms with Crippen molar-refractivity contribution in [1.29, 1.82) is 5.26 Å². The highest BCUT2D eigenvalue weighted by atomic mass is 35.5. The van der Waals surface area contributed by atoms with E-state index in [0.29, 0.717) is 23.4 Å². The first-order chi connectivity index (χ1) is 11.7. The van der Waals surface area contributed by atoms with Gasteiger partial charge in [0.25, 0.3) is 0 Å². The molecular weight excluding hydrogens is 367 g/mol. The number of pyridine rings is 1. The van der Waals surface area contributed by atoms with Crippen molar-refractivity contribution in [3.63, 3.8) is 0 Å². The van der Waals surface area contributed by atoms with E-state index in [2.05, 4.69) is 59.1 Å². The summed E-state index contributed by atoms with van der Waals surface area (Å²) < 4.78 is 0. The van der Waals surface area contributed by atoms with Crippen molar-refractivity contribution >= 4 is 30.6 Å². The summed E-state index contributed by atoms with van der Waals surface area (Å²) in [6.07, 6.45) is 1.74. The Morgan fingerprint density at radius 1 is 1.12 bits per heavy atom. The number of fused-ring (bicyclic) bond motifs is 1. The van der Waals surface area contributed by atoms with Gasteiger partial charge in [0.2, 0.25) is 0 Å². The number of aromatic nitrogens is 1. The van der Waals surface area contributed by atoms with E-state index in [-0.39, 0.29) is 24.8 Å². The van der Waals surface area contributed by atoms with Crippen LogP contribution in [0, 0.1) is 30.1 Å². The molecular formula is C20H24Cl2N4. The molecule has 1 aromatic heterocycles. The fraction of sp³-hybridized carbons (Fsp3) is 0.400. The maximum absolute atomic E-state index is 9.12. The van der Waals surface area contributed by atoms with Gasteiger partial charge in [-0.25, -0.2) is 4.98 Å².